The van der Waals surface area contributed by atoms with E-state index in [0.717, 1.165) is 5.76 Å². The highest BCUT2D eigenvalue weighted by Gasteiger charge is 2.19. The first kappa shape index (κ1) is 17.7. The second kappa shape index (κ2) is 7.40. The molecule has 1 aromatic carbocycles. The molecule has 2 heterocycles. The maximum Gasteiger partial charge on any atom is 0.307 e. The summed E-state index contributed by atoms with van der Waals surface area (Å²) < 4.78 is 35.2. The van der Waals surface area contributed by atoms with Crippen molar-refractivity contribution in [2.45, 2.75) is 17.6 Å². The second-order valence-electron chi connectivity index (χ2n) is 5.49. The molecule has 0 unspecified atom stereocenters. The summed E-state index contributed by atoms with van der Waals surface area (Å²) in [7, 11) is -3.54. The number of rotatable bonds is 6. The summed E-state index contributed by atoms with van der Waals surface area (Å²) in [5.41, 5.74) is 2.29. The normalized spacial score (nSPS) is 11.7. The molecule has 0 bridgehead atoms. The zero-order chi connectivity index (χ0) is 18.6. The van der Waals surface area contributed by atoms with Gasteiger partial charge in [0, 0.05) is 0 Å². The van der Waals surface area contributed by atoms with Gasteiger partial charge in [0.15, 0.2) is 15.6 Å². The molecule has 0 radical (unpaired) electrons. The first-order valence-electron chi connectivity index (χ1n) is 7.70. The fourth-order valence-corrected chi connectivity index (χ4v) is 3.48. The van der Waals surface area contributed by atoms with Crippen LogP contribution in [0.2, 0.25) is 0 Å². The summed E-state index contributed by atoms with van der Waals surface area (Å²) in [5.74, 6) is 0.442. The minimum atomic E-state index is -3.54. The highest BCUT2D eigenvalue weighted by atomic mass is 32.2. The van der Waals surface area contributed by atoms with E-state index >= 15 is 0 Å². The quantitative estimate of drug-likeness (QED) is 0.529. The molecule has 2 aromatic heterocycles. The Kier molecular flexibility index (Phi) is 5.04. The van der Waals surface area contributed by atoms with E-state index in [1.54, 1.807) is 37.3 Å². The number of carbonyl (C=O) groups is 1. The van der Waals surface area contributed by atoms with Crippen LogP contribution in [0.5, 0.6) is 0 Å². The van der Waals surface area contributed by atoms with Crippen molar-refractivity contribution < 1.29 is 22.0 Å². The number of nitrogens with zero attached hydrogens (tertiary/aromatic N) is 1. The van der Waals surface area contributed by atoms with Gasteiger partial charge in [-0.2, -0.15) is 5.10 Å². The predicted molar refractivity (Wildman–Crippen MR) is 94.5 cm³/mol. The third-order valence-corrected chi connectivity index (χ3v) is 5.09. The largest absolute Gasteiger partial charge is 0.460 e. The van der Waals surface area contributed by atoms with Gasteiger partial charge >= 0.3 is 5.91 Å². The van der Waals surface area contributed by atoms with Gasteiger partial charge in [-0.3, -0.25) is 4.79 Å². The van der Waals surface area contributed by atoms with Gasteiger partial charge < -0.3 is 8.83 Å². The minimum Gasteiger partial charge on any atom is -0.460 e. The average molecular weight is 372 g/mol. The lowest BCUT2D eigenvalue weighted by Gasteiger charge is -2.02. The van der Waals surface area contributed by atoms with Gasteiger partial charge in [-0.1, -0.05) is 18.2 Å². The summed E-state index contributed by atoms with van der Waals surface area (Å²) in [6, 6.07) is 14.4. The van der Waals surface area contributed by atoms with Crippen molar-refractivity contribution in [2.75, 3.05) is 0 Å². The molecule has 134 valence electrons. The van der Waals surface area contributed by atoms with Crippen LogP contribution in [-0.2, 0) is 15.6 Å². The Morgan fingerprint density at radius 1 is 1.08 bits per heavy atom. The Morgan fingerprint density at radius 3 is 2.54 bits per heavy atom. The molecule has 26 heavy (non-hydrogen) atoms. The monoisotopic (exact) mass is 372 g/mol. The topological polar surface area (TPSA) is 102 Å². The van der Waals surface area contributed by atoms with Crippen molar-refractivity contribution in [2.24, 2.45) is 5.10 Å². The zero-order valence-corrected chi connectivity index (χ0v) is 14.7. The maximum absolute atomic E-state index is 12.3. The van der Waals surface area contributed by atoms with Gasteiger partial charge in [-0.05, 0) is 43.3 Å². The molecule has 0 spiro atoms. The van der Waals surface area contributed by atoms with E-state index in [4.69, 9.17) is 8.83 Å². The summed E-state index contributed by atoms with van der Waals surface area (Å²) in [6.45, 7) is 1.80. The Balaban J connectivity index is 1.64. The van der Waals surface area contributed by atoms with E-state index in [1.807, 2.05) is 0 Å². The van der Waals surface area contributed by atoms with Crippen molar-refractivity contribution in [3.8, 4) is 0 Å². The average Bonchev–Trinajstić information content (AvgIpc) is 3.24. The van der Waals surface area contributed by atoms with Crippen molar-refractivity contribution in [3.05, 3.63) is 77.6 Å². The molecule has 0 aliphatic carbocycles. The van der Waals surface area contributed by atoms with Crippen molar-refractivity contribution in [3.63, 3.8) is 0 Å². The van der Waals surface area contributed by atoms with Gasteiger partial charge in [0.05, 0.1) is 11.1 Å². The first-order chi connectivity index (χ1) is 12.4. The molecule has 0 aliphatic heterocycles. The molecule has 0 saturated carbocycles. The lowest BCUT2D eigenvalue weighted by Crippen LogP contribution is -2.16. The smallest absolute Gasteiger partial charge is 0.307 e. The van der Waals surface area contributed by atoms with E-state index < -0.39 is 15.7 Å². The highest BCUT2D eigenvalue weighted by Crippen LogP contribution is 2.18. The van der Waals surface area contributed by atoms with Crippen molar-refractivity contribution in [1.82, 2.24) is 5.43 Å². The van der Waals surface area contributed by atoms with Crippen LogP contribution in [0, 0.1) is 6.92 Å². The molecule has 3 aromatic rings. The van der Waals surface area contributed by atoms with Gasteiger partial charge in [0.2, 0.25) is 0 Å². The van der Waals surface area contributed by atoms with Crippen LogP contribution in [0.3, 0.4) is 0 Å². The number of carbonyl (C=O) groups excluding carboxylic acids is 1. The second-order valence-corrected chi connectivity index (χ2v) is 7.48. The molecule has 0 fully saturated rings. The molecule has 1 N–H and O–H groups in total. The van der Waals surface area contributed by atoms with Gasteiger partial charge in [-0.15, -0.1) is 0 Å². The number of furan rings is 2. The number of hydrazone groups is 1. The minimum absolute atomic E-state index is 0.0314. The number of sulfone groups is 1. The highest BCUT2D eigenvalue weighted by molar-refractivity contribution is 7.90. The molecule has 0 atom stereocenters. The van der Waals surface area contributed by atoms with Crippen LogP contribution in [-0.4, -0.2) is 20.5 Å². The molecule has 8 heteroatoms. The van der Waals surface area contributed by atoms with Gasteiger partial charge in [-0.25, -0.2) is 13.8 Å². The van der Waals surface area contributed by atoms with Crippen molar-refractivity contribution >= 4 is 22.0 Å². The standard InChI is InChI=1S/C18H16N2O5S/c1-13-7-8-14(24-13)11-19-20-18(21)17-10-9-15(25-17)12-26(22,23)16-5-3-2-4-6-16/h2-11H,12H2,1H3,(H,20,21)/b19-11-. The third kappa shape index (κ3) is 4.28. The Hall–Kier alpha value is -3.13. The first-order valence-corrected chi connectivity index (χ1v) is 9.36. The van der Waals surface area contributed by atoms with Crippen LogP contribution in [0.25, 0.3) is 0 Å². The number of hydrogen-bond acceptors (Lipinski definition) is 6. The van der Waals surface area contributed by atoms with Crippen LogP contribution >= 0.6 is 0 Å². The number of amides is 1. The Bertz CT molecular complexity index is 1030. The lowest BCUT2D eigenvalue weighted by atomic mass is 10.4. The fourth-order valence-electron chi connectivity index (χ4n) is 2.21. The van der Waals surface area contributed by atoms with Gasteiger partial charge in [0.1, 0.15) is 23.0 Å². The Labute approximate surface area is 150 Å². The lowest BCUT2D eigenvalue weighted by molar-refractivity contribution is 0.0926. The number of benzene rings is 1. The van der Waals surface area contributed by atoms with Crippen LogP contribution in [0.4, 0.5) is 0 Å². The summed E-state index contributed by atoms with van der Waals surface area (Å²) in [5, 5.41) is 3.77. The molecular formula is C18H16N2O5S. The van der Waals surface area contributed by atoms with E-state index in [9.17, 15) is 13.2 Å². The van der Waals surface area contributed by atoms with Gasteiger partial charge in [0.25, 0.3) is 0 Å². The maximum atomic E-state index is 12.3. The van der Waals surface area contributed by atoms with E-state index in [-0.39, 0.29) is 22.2 Å². The molecule has 7 nitrogen and oxygen atoms in total. The molecule has 1 amide bonds. The summed E-state index contributed by atoms with van der Waals surface area (Å²) in [4.78, 5) is 12.2. The van der Waals surface area contributed by atoms with Crippen LogP contribution < -0.4 is 5.43 Å². The summed E-state index contributed by atoms with van der Waals surface area (Å²) >= 11 is 0. The number of nitrogens with one attached hydrogen (secondary N) is 1. The van der Waals surface area contributed by atoms with E-state index in [0.29, 0.717) is 5.76 Å². The SMILES string of the molecule is Cc1ccc(/C=N\NC(=O)c2ccc(CS(=O)(=O)c3ccccc3)o2)o1. The summed E-state index contributed by atoms with van der Waals surface area (Å²) in [6.07, 6.45) is 1.36. The van der Waals surface area contributed by atoms with Crippen molar-refractivity contribution in [1.29, 1.82) is 0 Å². The third-order valence-electron chi connectivity index (χ3n) is 3.44. The van der Waals surface area contributed by atoms with E-state index in [2.05, 4.69) is 10.5 Å². The van der Waals surface area contributed by atoms with Crippen LogP contribution in [0.1, 0.15) is 27.8 Å². The number of hydrogen-bond donors (Lipinski definition) is 1. The molecule has 3 rings (SSSR count). The molecule has 0 aliphatic rings. The van der Waals surface area contributed by atoms with Crippen LogP contribution in [0.15, 0.2) is 73.4 Å². The fraction of sp³-hybridized carbons (Fsp3) is 0.111. The Morgan fingerprint density at radius 2 is 1.85 bits per heavy atom. The number of aryl methyl sites for hydroxylation is 1. The predicted octanol–water partition coefficient (Wildman–Crippen LogP) is 2.92. The zero-order valence-electron chi connectivity index (χ0n) is 13.9. The molecular weight excluding hydrogens is 356 g/mol. The molecule has 0 saturated heterocycles. The van der Waals surface area contributed by atoms with E-state index in [1.165, 1.54) is 30.5 Å².